The van der Waals surface area contributed by atoms with E-state index in [-0.39, 0.29) is 17.7 Å². The first-order chi connectivity index (χ1) is 10.1. The molecule has 1 fully saturated rings. The van der Waals surface area contributed by atoms with E-state index in [1.54, 1.807) is 0 Å². The molecule has 1 aromatic heterocycles. The molecule has 21 heavy (non-hydrogen) atoms. The van der Waals surface area contributed by atoms with E-state index in [9.17, 15) is 14.7 Å². The van der Waals surface area contributed by atoms with E-state index in [1.165, 1.54) is 16.2 Å². The van der Waals surface area contributed by atoms with E-state index in [4.69, 9.17) is 0 Å². The zero-order chi connectivity index (χ0) is 14.6. The van der Waals surface area contributed by atoms with Crippen molar-refractivity contribution in [2.75, 3.05) is 5.32 Å². The Morgan fingerprint density at radius 3 is 2.71 bits per heavy atom. The lowest BCUT2D eigenvalue weighted by atomic mass is 9.82. The number of amides is 1. The number of aryl methyl sites for hydroxylation is 2. The van der Waals surface area contributed by atoms with Crippen molar-refractivity contribution in [1.82, 2.24) is 4.98 Å². The van der Waals surface area contributed by atoms with Crippen molar-refractivity contribution in [2.24, 2.45) is 23.7 Å². The number of aromatic nitrogens is 1. The van der Waals surface area contributed by atoms with Gasteiger partial charge in [-0.1, -0.05) is 12.2 Å². The predicted octanol–water partition coefficient (Wildman–Crippen LogP) is 2.09. The van der Waals surface area contributed by atoms with Crippen LogP contribution in [0.2, 0.25) is 0 Å². The van der Waals surface area contributed by atoms with Crippen molar-refractivity contribution < 1.29 is 14.7 Å². The number of carboxylic acids is 1. The van der Waals surface area contributed by atoms with Gasteiger partial charge in [0.2, 0.25) is 5.91 Å². The number of hydrogen-bond donors (Lipinski definition) is 2. The fourth-order valence-corrected chi connectivity index (χ4v) is 5.00. The van der Waals surface area contributed by atoms with E-state index in [0.717, 1.165) is 31.4 Å². The molecule has 1 amide bonds. The maximum absolute atomic E-state index is 12.5. The molecule has 0 aliphatic heterocycles. The van der Waals surface area contributed by atoms with Crippen LogP contribution in [0.5, 0.6) is 0 Å². The summed E-state index contributed by atoms with van der Waals surface area (Å²) in [6.07, 6.45) is 7.89. The van der Waals surface area contributed by atoms with E-state index >= 15 is 0 Å². The topological polar surface area (TPSA) is 79.3 Å². The van der Waals surface area contributed by atoms with Crippen LogP contribution in [0, 0.1) is 23.7 Å². The highest BCUT2D eigenvalue weighted by atomic mass is 32.1. The Balaban J connectivity index is 1.54. The number of nitrogens with one attached hydrogen (secondary N) is 1. The van der Waals surface area contributed by atoms with Crippen molar-refractivity contribution in [3.05, 3.63) is 22.7 Å². The van der Waals surface area contributed by atoms with Crippen molar-refractivity contribution in [3.8, 4) is 0 Å². The SMILES string of the molecule is O=C(O)[C@@H]1C2C=CC(C2)[C@@H]1C(=O)Nc1nc2c(s1)CCC2. The standard InChI is InChI=1S/C15H16N2O3S/c18-13(17-15-16-9-2-1-3-10(9)21-15)11-7-4-5-8(6-7)12(11)14(19)20/h4-5,7-8,11-12H,1-3,6H2,(H,19,20)(H,16,17,18)/t7?,8?,11-,12+/m0/s1. The maximum atomic E-state index is 12.5. The monoisotopic (exact) mass is 304 g/mol. The summed E-state index contributed by atoms with van der Waals surface area (Å²) >= 11 is 1.53. The summed E-state index contributed by atoms with van der Waals surface area (Å²) in [6, 6.07) is 0. The Morgan fingerprint density at radius 2 is 2.00 bits per heavy atom. The van der Waals surface area contributed by atoms with Gasteiger partial charge in [0.1, 0.15) is 0 Å². The molecule has 4 rings (SSSR count). The Bertz CT molecular complexity index is 630. The second-order valence-electron chi connectivity index (χ2n) is 6.07. The molecule has 1 aromatic rings. The average Bonchev–Trinajstić information content (AvgIpc) is 3.15. The van der Waals surface area contributed by atoms with Crippen LogP contribution < -0.4 is 5.32 Å². The number of nitrogens with zero attached hydrogens (tertiary/aromatic N) is 1. The van der Waals surface area contributed by atoms with Gasteiger partial charge in [-0.25, -0.2) is 4.98 Å². The zero-order valence-corrected chi connectivity index (χ0v) is 12.2. The second-order valence-corrected chi connectivity index (χ2v) is 7.15. The van der Waals surface area contributed by atoms with E-state index < -0.39 is 17.8 Å². The molecule has 110 valence electrons. The van der Waals surface area contributed by atoms with Crippen molar-refractivity contribution in [3.63, 3.8) is 0 Å². The van der Waals surface area contributed by atoms with Crippen LogP contribution in [0.15, 0.2) is 12.2 Å². The molecule has 0 saturated heterocycles. The number of anilines is 1. The van der Waals surface area contributed by atoms with Crippen LogP contribution in [0.4, 0.5) is 5.13 Å². The van der Waals surface area contributed by atoms with Crippen LogP contribution in [0.1, 0.15) is 23.4 Å². The number of thiazole rings is 1. The molecule has 0 radical (unpaired) electrons. The number of hydrogen-bond acceptors (Lipinski definition) is 4. The van der Waals surface area contributed by atoms with Gasteiger partial charge >= 0.3 is 5.97 Å². The maximum Gasteiger partial charge on any atom is 0.307 e. The van der Waals surface area contributed by atoms with Gasteiger partial charge in [0.25, 0.3) is 0 Å². The molecular formula is C15H16N2O3S. The van der Waals surface area contributed by atoms with Gasteiger partial charge in [-0.15, -0.1) is 11.3 Å². The third-order valence-corrected chi connectivity index (χ3v) is 5.95. The van der Waals surface area contributed by atoms with Crippen molar-refractivity contribution in [2.45, 2.75) is 25.7 Å². The largest absolute Gasteiger partial charge is 0.481 e. The molecular weight excluding hydrogens is 288 g/mol. The number of fused-ring (bicyclic) bond motifs is 3. The molecule has 1 saturated carbocycles. The van der Waals surface area contributed by atoms with Crippen LogP contribution in [-0.4, -0.2) is 22.0 Å². The Labute approximate surface area is 126 Å². The molecule has 0 spiro atoms. The highest BCUT2D eigenvalue weighted by Crippen LogP contribution is 2.48. The van der Waals surface area contributed by atoms with E-state index in [2.05, 4.69) is 10.3 Å². The molecule has 2 unspecified atom stereocenters. The Morgan fingerprint density at radius 1 is 1.24 bits per heavy atom. The molecule has 2 bridgehead atoms. The summed E-state index contributed by atoms with van der Waals surface area (Å²) in [5.74, 6) is -2.05. The normalized spacial score (nSPS) is 32.4. The number of carboxylic acid groups (broad SMARTS) is 1. The molecule has 4 atom stereocenters. The minimum Gasteiger partial charge on any atom is -0.481 e. The highest BCUT2D eigenvalue weighted by Gasteiger charge is 2.51. The fourth-order valence-electron chi connectivity index (χ4n) is 3.95. The molecule has 3 aliphatic rings. The zero-order valence-electron chi connectivity index (χ0n) is 11.4. The number of aliphatic carboxylic acids is 1. The lowest BCUT2D eigenvalue weighted by Crippen LogP contribution is -2.36. The minimum absolute atomic E-state index is 0.00421. The lowest BCUT2D eigenvalue weighted by Gasteiger charge is -2.23. The molecule has 3 aliphatic carbocycles. The molecule has 5 nitrogen and oxygen atoms in total. The Kier molecular flexibility index (Phi) is 2.89. The van der Waals surface area contributed by atoms with E-state index in [0.29, 0.717) is 5.13 Å². The predicted molar refractivity (Wildman–Crippen MR) is 78.1 cm³/mol. The molecule has 1 heterocycles. The number of allylic oxidation sites excluding steroid dienone is 2. The third kappa shape index (κ3) is 2.00. The number of carbonyl (C=O) groups is 2. The average molecular weight is 304 g/mol. The molecule has 6 heteroatoms. The quantitative estimate of drug-likeness (QED) is 0.838. The summed E-state index contributed by atoms with van der Waals surface area (Å²) in [5.41, 5.74) is 1.10. The second kappa shape index (κ2) is 4.66. The molecule has 2 N–H and O–H groups in total. The van der Waals surface area contributed by atoms with E-state index in [1.807, 2.05) is 12.2 Å². The summed E-state index contributed by atoms with van der Waals surface area (Å²) in [4.78, 5) is 29.7. The first-order valence-electron chi connectivity index (χ1n) is 7.34. The summed E-state index contributed by atoms with van der Waals surface area (Å²) < 4.78 is 0. The van der Waals surface area contributed by atoms with Crippen LogP contribution in [0.25, 0.3) is 0 Å². The first-order valence-corrected chi connectivity index (χ1v) is 8.15. The lowest BCUT2D eigenvalue weighted by molar-refractivity contribution is -0.146. The summed E-state index contributed by atoms with van der Waals surface area (Å²) in [5, 5.41) is 12.9. The summed E-state index contributed by atoms with van der Waals surface area (Å²) in [6.45, 7) is 0. The number of rotatable bonds is 3. The van der Waals surface area contributed by atoms with Gasteiger partial charge in [-0.2, -0.15) is 0 Å². The highest BCUT2D eigenvalue weighted by molar-refractivity contribution is 7.15. The number of carbonyl (C=O) groups excluding carboxylic acids is 1. The summed E-state index contributed by atoms with van der Waals surface area (Å²) in [7, 11) is 0. The molecule has 0 aromatic carbocycles. The van der Waals surface area contributed by atoms with Crippen molar-refractivity contribution >= 4 is 28.3 Å². The fraction of sp³-hybridized carbons (Fsp3) is 0.533. The third-order valence-electron chi connectivity index (χ3n) is 4.87. The van der Waals surface area contributed by atoms with Crippen LogP contribution >= 0.6 is 11.3 Å². The van der Waals surface area contributed by atoms with Crippen LogP contribution in [0.3, 0.4) is 0 Å². The minimum atomic E-state index is -0.867. The van der Waals surface area contributed by atoms with Gasteiger partial charge < -0.3 is 10.4 Å². The van der Waals surface area contributed by atoms with Gasteiger partial charge in [-0.05, 0) is 37.5 Å². The first kappa shape index (κ1) is 13.0. The van der Waals surface area contributed by atoms with Gasteiger partial charge in [-0.3, -0.25) is 9.59 Å². The van der Waals surface area contributed by atoms with Crippen molar-refractivity contribution in [1.29, 1.82) is 0 Å². The smallest absolute Gasteiger partial charge is 0.307 e. The van der Waals surface area contributed by atoms with Gasteiger partial charge in [0.05, 0.1) is 17.5 Å². The van der Waals surface area contributed by atoms with Gasteiger partial charge in [0, 0.05) is 4.88 Å². The van der Waals surface area contributed by atoms with Gasteiger partial charge in [0.15, 0.2) is 5.13 Å². The van der Waals surface area contributed by atoms with Crippen LogP contribution in [-0.2, 0) is 22.4 Å². The Hall–Kier alpha value is -1.69.